The van der Waals surface area contributed by atoms with E-state index in [1.807, 2.05) is 60.7 Å². The summed E-state index contributed by atoms with van der Waals surface area (Å²) in [7, 11) is 0. The van der Waals surface area contributed by atoms with Crippen molar-refractivity contribution < 1.29 is 13.9 Å². The van der Waals surface area contributed by atoms with Crippen LogP contribution in [0.4, 0.5) is 0 Å². The maximum atomic E-state index is 13.6. The van der Waals surface area contributed by atoms with Crippen LogP contribution in [0.3, 0.4) is 0 Å². The molecule has 0 atom stereocenters. The Morgan fingerprint density at radius 2 is 1.38 bits per heavy atom. The topological polar surface area (TPSA) is 42.7 Å². The van der Waals surface area contributed by atoms with E-state index in [9.17, 15) is 4.79 Å². The number of ketones is 1. The fraction of sp³-hybridized carbons (Fsp3) is 0.308. The second kappa shape index (κ2) is 19.7. The van der Waals surface area contributed by atoms with Crippen LogP contribution >= 0.6 is 103 Å². The third-order valence-electron chi connectivity index (χ3n) is 8.20. The predicted octanol–water partition coefficient (Wildman–Crippen LogP) is 13.4. The molecule has 0 spiro atoms. The molecule has 50 heavy (non-hydrogen) atoms. The number of likely N-dealkylation sites (N-methyl/N-ethyl adjacent to an activating group) is 1. The van der Waals surface area contributed by atoms with Crippen molar-refractivity contribution in [3.8, 4) is 5.75 Å². The van der Waals surface area contributed by atoms with Gasteiger partial charge < -0.3 is 14.1 Å². The second-order valence-corrected chi connectivity index (χ2v) is 17.1. The van der Waals surface area contributed by atoms with Gasteiger partial charge in [0, 0.05) is 34.0 Å². The molecular formula is C39H38Cl5I2NO3. The molecule has 5 aromatic rings. The molecule has 0 fully saturated rings. The van der Waals surface area contributed by atoms with E-state index in [1.54, 1.807) is 24.3 Å². The average molecular weight is 1000 g/mol. The molecule has 11 heteroatoms. The Bertz CT molecular complexity index is 1780. The number of alkyl halides is 3. The zero-order valence-electron chi connectivity index (χ0n) is 27.9. The van der Waals surface area contributed by atoms with Crippen molar-refractivity contribution in [2.75, 3.05) is 26.2 Å². The van der Waals surface area contributed by atoms with E-state index in [4.69, 9.17) is 67.2 Å². The maximum absolute atomic E-state index is 13.6. The number of para-hydroxylation sites is 1. The minimum absolute atomic E-state index is 0.0153. The summed E-state index contributed by atoms with van der Waals surface area (Å²) in [5, 5.41) is 2.18. The Kier molecular flexibility index (Phi) is 16.4. The van der Waals surface area contributed by atoms with E-state index in [-0.39, 0.29) is 11.7 Å². The number of hydrogen-bond donors (Lipinski definition) is 0. The van der Waals surface area contributed by atoms with Crippen LogP contribution in [0.25, 0.3) is 11.0 Å². The SMILES string of the molecule is CCCCc1oc2ccccc2c1C(=O)c1cc(I)c(OCCN(CC)CC)c(I)c1.Clc1ccc(C(c2ccc(Cl)cc2)C(Cl)(Cl)Cl)cc1. The fourth-order valence-corrected chi connectivity index (χ4v) is 8.62. The number of rotatable bonds is 13. The van der Waals surface area contributed by atoms with Gasteiger partial charge in [0.05, 0.1) is 18.6 Å². The standard InChI is InChI=1S/C25H29I2NO3.C14H9Cl5/c1-4-7-11-22-23(18-10-8-9-12-21(18)31-22)24(29)17-15-19(26)25(20(27)16-17)30-14-13-28(5-2)6-3;15-11-5-1-9(2-6-11)13(14(17,18)19)10-3-7-12(16)8-4-10/h8-10,12,15-16H,4-7,11,13-14H2,1-3H3;1-8,13H. The van der Waals surface area contributed by atoms with Gasteiger partial charge in [0.15, 0.2) is 5.78 Å². The lowest BCUT2D eigenvalue weighted by Crippen LogP contribution is -2.28. The van der Waals surface area contributed by atoms with Gasteiger partial charge in [0.1, 0.15) is 23.7 Å². The zero-order chi connectivity index (χ0) is 36.4. The van der Waals surface area contributed by atoms with Crippen molar-refractivity contribution in [1.29, 1.82) is 0 Å². The lowest BCUT2D eigenvalue weighted by Gasteiger charge is -2.25. The highest BCUT2D eigenvalue weighted by atomic mass is 127. The largest absolute Gasteiger partial charge is 0.490 e. The van der Waals surface area contributed by atoms with Crippen LogP contribution in [0.2, 0.25) is 10.0 Å². The summed E-state index contributed by atoms with van der Waals surface area (Å²) >= 11 is 34.6. The van der Waals surface area contributed by atoms with Crippen LogP contribution in [0.1, 0.15) is 72.3 Å². The highest BCUT2D eigenvalue weighted by Crippen LogP contribution is 2.46. The van der Waals surface area contributed by atoms with Crippen molar-refractivity contribution in [2.45, 2.75) is 49.7 Å². The number of carbonyl (C=O) groups excluding carboxylic acids is 1. The van der Waals surface area contributed by atoms with Gasteiger partial charge in [0.25, 0.3) is 0 Å². The van der Waals surface area contributed by atoms with E-state index in [1.165, 1.54) is 0 Å². The average Bonchev–Trinajstić information content (AvgIpc) is 3.46. The monoisotopic (exact) mass is 997 g/mol. The summed E-state index contributed by atoms with van der Waals surface area (Å²) in [6.07, 6.45) is 2.82. The fourth-order valence-electron chi connectivity index (χ4n) is 5.53. The van der Waals surface area contributed by atoms with Gasteiger partial charge >= 0.3 is 0 Å². The quantitative estimate of drug-likeness (QED) is 0.0670. The van der Waals surface area contributed by atoms with E-state index in [0.29, 0.717) is 27.8 Å². The minimum Gasteiger partial charge on any atom is -0.490 e. The lowest BCUT2D eigenvalue weighted by molar-refractivity contribution is 0.103. The molecule has 4 nitrogen and oxygen atoms in total. The van der Waals surface area contributed by atoms with Crippen molar-refractivity contribution in [2.24, 2.45) is 0 Å². The van der Waals surface area contributed by atoms with Gasteiger partial charge in [-0.3, -0.25) is 4.79 Å². The van der Waals surface area contributed by atoms with Gasteiger partial charge in [0.2, 0.25) is 3.79 Å². The summed E-state index contributed by atoms with van der Waals surface area (Å²) < 4.78 is 12.6. The van der Waals surface area contributed by atoms with Crippen LogP contribution in [-0.2, 0) is 6.42 Å². The predicted molar refractivity (Wildman–Crippen MR) is 228 cm³/mol. The molecule has 0 aliphatic heterocycles. The van der Waals surface area contributed by atoms with Crippen LogP contribution < -0.4 is 4.74 Å². The molecule has 0 saturated carbocycles. The first-order valence-electron chi connectivity index (χ1n) is 16.3. The van der Waals surface area contributed by atoms with Gasteiger partial charge in [-0.15, -0.1) is 0 Å². The van der Waals surface area contributed by atoms with Crippen molar-refractivity contribution in [3.63, 3.8) is 0 Å². The number of hydrogen-bond acceptors (Lipinski definition) is 4. The zero-order valence-corrected chi connectivity index (χ0v) is 36.0. The molecule has 5 rings (SSSR count). The number of furan rings is 1. The lowest BCUT2D eigenvalue weighted by atomic mass is 9.92. The van der Waals surface area contributed by atoms with Gasteiger partial charge in [-0.25, -0.2) is 0 Å². The Balaban J connectivity index is 0.000000252. The van der Waals surface area contributed by atoms with Gasteiger partial charge in [-0.1, -0.05) is 128 Å². The maximum Gasteiger partial charge on any atom is 0.201 e. The summed E-state index contributed by atoms with van der Waals surface area (Å²) in [5.74, 6) is 1.28. The first-order chi connectivity index (χ1) is 23.9. The number of benzene rings is 4. The van der Waals surface area contributed by atoms with Crippen LogP contribution in [0, 0.1) is 7.14 Å². The summed E-state index contributed by atoms with van der Waals surface area (Å²) in [6.45, 7) is 10.0. The number of aryl methyl sites for hydroxylation is 1. The normalized spacial score (nSPS) is 11.6. The number of fused-ring (bicyclic) bond motifs is 1. The molecule has 1 heterocycles. The molecule has 0 aliphatic carbocycles. The van der Waals surface area contributed by atoms with Crippen molar-refractivity contribution in [3.05, 3.63) is 130 Å². The van der Waals surface area contributed by atoms with E-state index >= 15 is 0 Å². The first-order valence-corrected chi connectivity index (χ1v) is 20.4. The molecule has 0 unspecified atom stereocenters. The Morgan fingerprint density at radius 1 is 0.840 bits per heavy atom. The number of ether oxygens (including phenoxy) is 1. The van der Waals surface area contributed by atoms with Crippen molar-refractivity contribution in [1.82, 2.24) is 4.90 Å². The Morgan fingerprint density at radius 3 is 1.88 bits per heavy atom. The van der Waals surface area contributed by atoms with E-state index in [0.717, 1.165) is 79.6 Å². The van der Waals surface area contributed by atoms with E-state index < -0.39 is 3.79 Å². The van der Waals surface area contributed by atoms with Crippen LogP contribution in [0.5, 0.6) is 5.75 Å². The molecule has 0 radical (unpaired) electrons. The van der Waals surface area contributed by atoms with Gasteiger partial charge in [-0.05, 0) is 118 Å². The summed E-state index contributed by atoms with van der Waals surface area (Å²) in [5.41, 5.74) is 3.91. The van der Waals surface area contributed by atoms with Crippen molar-refractivity contribution >= 4 is 120 Å². The number of carbonyl (C=O) groups is 1. The smallest absolute Gasteiger partial charge is 0.201 e. The molecule has 0 amide bonds. The molecule has 1 aromatic heterocycles. The molecule has 0 bridgehead atoms. The minimum atomic E-state index is -1.46. The molecule has 266 valence electrons. The highest BCUT2D eigenvalue weighted by molar-refractivity contribution is 14.1. The third-order valence-corrected chi connectivity index (χ3v) is 11.0. The molecule has 0 saturated heterocycles. The van der Waals surface area contributed by atoms with E-state index in [2.05, 4.69) is 70.9 Å². The first kappa shape index (κ1) is 41.5. The Labute approximate surface area is 347 Å². The molecule has 0 aliphatic rings. The molecular weight excluding hydrogens is 962 g/mol. The van der Waals surface area contributed by atoms with Gasteiger partial charge in [-0.2, -0.15) is 0 Å². The highest BCUT2D eigenvalue weighted by Gasteiger charge is 2.35. The summed E-state index contributed by atoms with van der Waals surface area (Å²) in [4.78, 5) is 15.9. The number of nitrogens with zero attached hydrogens (tertiary/aromatic N) is 1. The third kappa shape index (κ3) is 11.1. The number of halogens is 7. The molecule has 0 N–H and O–H groups in total. The van der Waals surface area contributed by atoms with Crippen LogP contribution in [0.15, 0.2) is 89.3 Å². The van der Waals surface area contributed by atoms with Crippen LogP contribution in [-0.4, -0.2) is 40.7 Å². The number of unbranched alkanes of at least 4 members (excludes halogenated alkanes) is 1. The molecule has 4 aromatic carbocycles. The Hall–Kier alpha value is -1.24. The second-order valence-electron chi connectivity index (χ2n) is 11.6. The summed E-state index contributed by atoms with van der Waals surface area (Å²) in [6, 6.07) is 26.2.